The van der Waals surface area contributed by atoms with Gasteiger partial charge in [0.05, 0.1) is 10.6 Å². The van der Waals surface area contributed by atoms with Crippen molar-refractivity contribution >= 4 is 15.7 Å². The maximum absolute atomic E-state index is 11.4. The van der Waals surface area contributed by atoms with Gasteiger partial charge in [-0.3, -0.25) is 0 Å². The van der Waals surface area contributed by atoms with Gasteiger partial charge >= 0.3 is 0 Å². The Morgan fingerprint density at radius 3 is 2.69 bits per heavy atom. The van der Waals surface area contributed by atoms with Crippen molar-refractivity contribution in [1.29, 1.82) is 0 Å². The summed E-state index contributed by atoms with van der Waals surface area (Å²) in [6, 6.07) is 6.92. The summed E-state index contributed by atoms with van der Waals surface area (Å²) in [7, 11) is -3.38. The van der Waals surface area contributed by atoms with E-state index in [1.54, 1.807) is 18.2 Å². The molecule has 2 rings (SSSR count). The maximum Gasteiger partial charge on any atom is 0.283 e. The summed E-state index contributed by atoms with van der Waals surface area (Å²) < 4.78 is 26.6. The Morgan fingerprint density at radius 1 is 1.31 bits per heavy atom. The first-order valence-corrected chi connectivity index (χ1v) is 5.52. The van der Waals surface area contributed by atoms with Crippen LogP contribution in [0.3, 0.4) is 0 Å². The summed E-state index contributed by atoms with van der Waals surface area (Å²) in [5.41, 5.74) is 1.42. The van der Waals surface area contributed by atoms with E-state index in [1.165, 1.54) is 0 Å². The summed E-state index contributed by atoms with van der Waals surface area (Å²) >= 11 is 0. The fraction of sp³-hybridized carbons (Fsp3) is 0.222. The van der Waals surface area contributed by atoms with E-state index < -0.39 is 10.0 Å². The summed E-state index contributed by atoms with van der Waals surface area (Å²) in [5.74, 6) is 0. The molecule has 1 heterocycles. The number of hydrogen-bond donors (Lipinski definition) is 0. The van der Waals surface area contributed by atoms with Crippen LogP contribution in [0.25, 0.3) is 0 Å². The van der Waals surface area contributed by atoms with Crippen molar-refractivity contribution in [1.82, 2.24) is 0 Å². The molecule has 0 atom stereocenters. The van der Waals surface area contributed by atoms with Crippen LogP contribution < -0.4 is 0 Å². The van der Waals surface area contributed by atoms with Crippen LogP contribution in [-0.4, -0.2) is 14.1 Å². The van der Waals surface area contributed by atoms with Gasteiger partial charge in [-0.25, -0.2) is 0 Å². The quantitative estimate of drug-likeness (QED) is 0.683. The number of benzene rings is 1. The zero-order valence-corrected chi connectivity index (χ0v) is 8.00. The fourth-order valence-corrected chi connectivity index (χ4v) is 2.76. The lowest BCUT2D eigenvalue weighted by atomic mass is 10.1. The van der Waals surface area contributed by atoms with Gasteiger partial charge in [-0.05, 0) is 12.5 Å². The van der Waals surface area contributed by atoms with Crippen LogP contribution >= 0.6 is 0 Å². The van der Waals surface area contributed by atoms with Gasteiger partial charge in [0.1, 0.15) is 0 Å². The predicted octanol–water partition coefficient (Wildman–Crippen LogP) is 1.59. The second kappa shape index (κ2) is 2.67. The molecule has 1 aromatic carbocycles. The van der Waals surface area contributed by atoms with Crippen molar-refractivity contribution < 1.29 is 8.42 Å². The van der Waals surface area contributed by atoms with Crippen molar-refractivity contribution in [3.63, 3.8) is 0 Å². The lowest BCUT2D eigenvalue weighted by molar-refractivity contribution is 0.599. The van der Waals surface area contributed by atoms with Gasteiger partial charge in [-0.15, -0.1) is 0 Å². The first-order valence-electron chi connectivity index (χ1n) is 4.08. The second-order valence-electron chi connectivity index (χ2n) is 2.86. The molecule has 0 N–H and O–H groups in total. The monoisotopic (exact) mass is 195 g/mol. The van der Waals surface area contributed by atoms with Crippen molar-refractivity contribution in [2.45, 2.75) is 18.2 Å². The highest BCUT2D eigenvalue weighted by atomic mass is 32.2. The number of rotatable bonds is 1. The van der Waals surface area contributed by atoms with E-state index in [4.69, 9.17) is 0 Å². The highest BCUT2D eigenvalue weighted by Crippen LogP contribution is 2.26. The van der Waals surface area contributed by atoms with Crippen LogP contribution in [0.5, 0.6) is 0 Å². The molecule has 68 valence electrons. The highest BCUT2D eigenvalue weighted by molar-refractivity contribution is 7.90. The Labute approximate surface area is 77.2 Å². The molecule has 1 aromatic rings. The van der Waals surface area contributed by atoms with Gasteiger partial charge in [0.2, 0.25) is 0 Å². The molecule has 13 heavy (non-hydrogen) atoms. The molecule has 0 aliphatic carbocycles. The Balaban J connectivity index is 2.76. The van der Waals surface area contributed by atoms with Gasteiger partial charge in [-0.2, -0.15) is 12.8 Å². The Bertz CT molecular complexity index is 474. The van der Waals surface area contributed by atoms with E-state index in [0.717, 1.165) is 5.56 Å². The van der Waals surface area contributed by atoms with E-state index in [2.05, 4.69) is 4.40 Å². The minimum Gasteiger partial charge on any atom is -0.199 e. The molecule has 0 bridgehead atoms. The van der Waals surface area contributed by atoms with Crippen LogP contribution in [0.4, 0.5) is 0 Å². The Hall–Kier alpha value is -1.16. The lowest BCUT2D eigenvalue weighted by Crippen LogP contribution is -1.94. The van der Waals surface area contributed by atoms with Crippen LogP contribution in [0.1, 0.15) is 18.9 Å². The molecule has 1 aliphatic rings. The zero-order valence-electron chi connectivity index (χ0n) is 7.19. The maximum atomic E-state index is 11.4. The molecule has 0 unspecified atom stereocenters. The third kappa shape index (κ3) is 1.18. The summed E-state index contributed by atoms with van der Waals surface area (Å²) in [4.78, 5) is 0.340. The zero-order chi connectivity index (χ0) is 9.47. The van der Waals surface area contributed by atoms with Crippen LogP contribution in [0.2, 0.25) is 0 Å². The predicted molar refractivity (Wildman–Crippen MR) is 50.5 cm³/mol. The molecule has 0 radical (unpaired) electrons. The van der Waals surface area contributed by atoms with Crippen LogP contribution in [0.15, 0.2) is 33.6 Å². The number of fused-ring (bicyclic) bond motifs is 1. The molecule has 0 saturated heterocycles. The summed E-state index contributed by atoms with van der Waals surface area (Å²) in [6.45, 7) is 1.90. The fourth-order valence-electron chi connectivity index (χ4n) is 1.43. The standard InChI is InChI=1S/C9H9NO2S/c1-2-8-7-5-3-4-6-9(7)13(11,12)10-8/h3-6H,2H2,1H3. The van der Waals surface area contributed by atoms with Crippen LogP contribution in [-0.2, 0) is 10.0 Å². The topological polar surface area (TPSA) is 46.5 Å². The van der Waals surface area contributed by atoms with Gasteiger partial charge in [-0.1, -0.05) is 25.1 Å². The molecule has 4 heteroatoms. The third-order valence-electron chi connectivity index (χ3n) is 2.04. The normalized spacial score (nSPS) is 18.1. The van der Waals surface area contributed by atoms with Crippen LogP contribution in [0, 0.1) is 0 Å². The SMILES string of the molecule is CCC1=NS(=O)(=O)c2ccccc21. The molecule has 1 aliphatic heterocycles. The minimum absolute atomic E-state index is 0.340. The van der Waals surface area contributed by atoms with Crippen molar-refractivity contribution in [3.8, 4) is 0 Å². The smallest absolute Gasteiger partial charge is 0.199 e. The van der Waals surface area contributed by atoms with E-state index in [-0.39, 0.29) is 0 Å². The Morgan fingerprint density at radius 2 is 2.00 bits per heavy atom. The van der Waals surface area contributed by atoms with Gasteiger partial charge in [0.25, 0.3) is 10.0 Å². The second-order valence-corrected chi connectivity index (χ2v) is 4.44. The van der Waals surface area contributed by atoms with E-state index in [1.807, 2.05) is 13.0 Å². The molecule has 3 nitrogen and oxygen atoms in total. The number of nitrogens with zero attached hydrogens (tertiary/aromatic N) is 1. The minimum atomic E-state index is -3.38. The molecule has 0 aromatic heterocycles. The third-order valence-corrected chi connectivity index (χ3v) is 3.41. The summed E-state index contributed by atoms with van der Waals surface area (Å²) in [5, 5.41) is 0. The van der Waals surface area contributed by atoms with Crippen molar-refractivity contribution in [2.24, 2.45) is 4.40 Å². The van der Waals surface area contributed by atoms with E-state index in [0.29, 0.717) is 17.0 Å². The average molecular weight is 195 g/mol. The number of sulfonamides is 1. The molecule has 0 spiro atoms. The van der Waals surface area contributed by atoms with E-state index >= 15 is 0 Å². The van der Waals surface area contributed by atoms with Crippen molar-refractivity contribution in [2.75, 3.05) is 0 Å². The number of hydrogen-bond acceptors (Lipinski definition) is 2. The Kier molecular flexibility index (Phi) is 1.73. The van der Waals surface area contributed by atoms with Gasteiger partial charge in [0, 0.05) is 5.56 Å². The molecular weight excluding hydrogens is 186 g/mol. The average Bonchev–Trinajstić information content (AvgIpc) is 2.39. The van der Waals surface area contributed by atoms with Crippen molar-refractivity contribution in [3.05, 3.63) is 29.8 Å². The van der Waals surface area contributed by atoms with Gasteiger partial charge < -0.3 is 0 Å². The molecular formula is C9H9NO2S. The molecule has 0 amide bonds. The first-order chi connectivity index (χ1) is 6.15. The first kappa shape index (κ1) is 8.44. The molecule has 0 saturated carbocycles. The highest BCUT2D eigenvalue weighted by Gasteiger charge is 2.26. The van der Waals surface area contributed by atoms with Gasteiger partial charge in [0.15, 0.2) is 0 Å². The lowest BCUT2D eigenvalue weighted by Gasteiger charge is -1.96. The largest absolute Gasteiger partial charge is 0.283 e. The van der Waals surface area contributed by atoms with E-state index in [9.17, 15) is 8.42 Å². The summed E-state index contributed by atoms with van der Waals surface area (Å²) in [6.07, 6.45) is 0.649. The molecule has 0 fully saturated rings.